The molecule has 2 aromatic heterocycles. The highest BCUT2D eigenvalue weighted by Crippen LogP contribution is 2.42. The van der Waals surface area contributed by atoms with Gasteiger partial charge in [-0.05, 0) is 63.8 Å². The molecule has 0 spiro atoms. The van der Waals surface area contributed by atoms with Gasteiger partial charge in [-0.15, -0.1) is 0 Å². The smallest absolute Gasteiger partial charge is 0.410 e. The van der Waals surface area contributed by atoms with Gasteiger partial charge in [0.25, 0.3) is 0 Å². The molecule has 2 aliphatic heterocycles. The summed E-state index contributed by atoms with van der Waals surface area (Å²) >= 11 is 0. The van der Waals surface area contributed by atoms with E-state index in [1.54, 1.807) is 0 Å². The molecule has 1 aromatic carbocycles. The van der Waals surface area contributed by atoms with Gasteiger partial charge in [0.05, 0.1) is 22.1 Å². The molecule has 0 aliphatic carbocycles. The summed E-state index contributed by atoms with van der Waals surface area (Å²) in [7, 11) is -3.51. The quantitative estimate of drug-likeness (QED) is 0.551. The Morgan fingerprint density at radius 2 is 1.86 bits per heavy atom. The van der Waals surface area contributed by atoms with E-state index in [9.17, 15) is 17.6 Å². The van der Waals surface area contributed by atoms with Gasteiger partial charge >= 0.3 is 6.09 Å². The first-order chi connectivity index (χ1) is 16.6. The van der Waals surface area contributed by atoms with Crippen molar-refractivity contribution < 1.29 is 22.3 Å². The number of carbonyl (C=O) groups is 1. The van der Waals surface area contributed by atoms with Crippen LogP contribution in [0.5, 0.6) is 0 Å². The molecule has 4 heterocycles. The van der Waals surface area contributed by atoms with Crippen LogP contribution in [0.2, 0.25) is 0 Å². The molecule has 35 heavy (non-hydrogen) atoms. The Morgan fingerprint density at radius 1 is 1.14 bits per heavy atom. The molecule has 3 aromatic rings. The molecule has 2 saturated heterocycles. The van der Waals surface area contributed by atoms with Crippen molar-refractivity contribution in [3.05, 3.63) is 42.6 Å². The van der Waals surface area contributed by atoms with E-state index < -0.39 is 15.7 Å². The Labute approximate surface area is 203 Å². The number of anilines is 2. The van der Waals surface area contributed by atoms with E-state index in [-0.39, 0.29) is 40.9 Å². The van der Waals surface area contributed by atoms with Crippen LogP contribution in [0.1, 0.15) is 45.6 Å². The minimum Gasteiger partial charge on any atom is -0.447 e. The summed E-state index contributed by atoms with van der Waals surface area (Å²) in [6, 6.07) is 6.06. The lowest BCUT2D eigenvalue weighted by atomic mass is 9.97. The van der Waals surface area contributed by atoms with E-state index in [1.807, 2.05) is 31.0 Å². The predicted molar refractivity (Wildman–Crippen MR) is 129 cm³/mol. The number of piperidine rings is 1. The normalized spacial score (nSPS) is 22.1. The molecule has 186 valence electrons. The fraction of sp³-hybridized carbons (Fsp3) is 0.458. The van der Waals surface area contributed by atoms with Crippen LogP contribution in [0.15, 0.2) is 41.7 Å². The number of fused-ring (bicyclic) bond motifs is 3. The number of nitrogens with zero attached hydrogens (tertiary/aromatic N) is 4. The first-order valence-corrected chi connectivity index (χ1v) is 13.6. The van der Waals surface area contributed by atoms with Crippen molar-refractivity contribution in [1.82, 2.24) is 19.4 Å². The second kappa shape index (κ2) is 8.78. The number of aromatic nitrogens is 3. The van der Waals surface area contributed by atoms with Crippen molar-refractivity contribution in [1.29, 1.82) is 0 Å². The first-order valence-electron chi connectivity index (χ1n) is 11.7. The molecule has 1 amide bonds. The third-order valence-electron chi connectivity index (χ3n) is 6.78. The van der Waals surface area contributed by atoms with Gasteiger partial charge < -0.3 is 19.5 Å². The van der Waals surface area contributed by atoms with Crippen LogP contribution in [0.25, 0.3) is 11.0 Å². The van der Waals surface area contributed by atoms with Crippen LogP contribution < -0.4 is 5.32 Å². The lowest BCUT2D eigenvalue weighted by Gasteiger charge is -2.39. The molecule has 2 aliphatic rings. The maximum Gasteiger partial charge on any atom is 0.410 e. The Morgan fingerprint density at radius 3 is 2.49 bits per heavy atom. The monoisotopic (exact) mass is 501 g/mol. The van der Waals surface area contributed by atoms with Gasteiger partial charge in [0, 0.05) is 30.6 Å². The Kier molecular flexibility index (Phi) is 5.90. The van der Waals surface area contributed by atoms with Crippen LogP contribution in [-0.2, 0) is 14.6 Å². The predicted octanol–water partition coefficient (Wildman–Crippen LogP) is 4.43. The summed E-state index contributed by atoms with van der Waals surface area (Å²) in [4.78, 5) is 23.2. The second-order valence-electron chi connectivity index (χ2n) is 9.57. The molecular formula is C24H28FN5O4S. The summed E-state index contributed by atoms with van der Waals surface area (Å²) in [5.41, 5.74) is 0.846. The van der Waals surface area contributed by atoms with Crippen molar-refractivity contribution in [2.75, 3.05) is 11.6 Å². The lowest BCUT2D eigenvalue weighted by Crippen LogP contribution is -2.47. The van der Waals surface area contributed by atoms with E-state index in [0.29, 0.717) is 5.82 Å². The number of ether oxygens (including phenoxy) is 1. The summed E-state index contributed by atoms with van der Waals surface area (Å²) in [6.07, 6.45) is 7.56. The molecule has 2 atom stereocenters. The first kappa shape index (κ1) is 23.5. The van der Waals surface area contributed by atoms with Gasteiger partial charge in [-0.25, -0.2) is 27.6 Å². The van der Waals surface area contributed by atoms with Crippen LogP contribution in [0.4, 0.5) is 20.7 Å². The summed E-state index contributed by atoms with van der Waals surface area (Å²) < 4.78 is 45.6. The van der Waals surface area contributed by atoms with E-state index in [0.717, 1.165) is 49.0 Å². The largest absolute Gasteiger partial charge is 0.447 e. The summed E-state index contributed by atoms with van der Waals surface area (Å²) in [6.45, 7) is 3.71. The highest BCUT2D eigenvalue weighted by molar-refractivity contribution is 7.90. The fourth-order valence-corrected chi connectivity index (χ4v) is 5.89. The van der Waals surface area contributed by atoms with E-state index in [2.05, 4.69) is 19.9 Å². The average Bonchev–Trinajstić information content (AvgIpc) is 3.33. The summed E-state index contributed by atoms with van der Waals surface area (Å²) in [5.74, 6) is -0.253. The van der Waals surface area contributed by atoms with Crippen LogP contribution >= 0.6 is 0 Å². The number of halogens is 1. The molecule has 0 unspecified atom stereocenters. The molecule has 0 saturated carbocycles. The third kappa shape index (κ3) is 4.44. The number of rotatable bonds is 5. The topological polar surface area (TPSA) is 106 Å². The van der Waals surface area contributed by atoms with Crippen molar-refractivity contribution in [3.63, 3.8) is 0 Å². The van der Waals surface area contributed by atoms with Crippen molar-refractivity contribution in [2.24, 2.45) is 0 Å². The number of carbonyl (C=O) groups excluding carboxylic acids is 1. The number of hydrogen-bond donors (Lipinski definition) is 1. The maximum atomic E-state index is 14.6. The fourth-order valence-electron chi connectivity index (χ4n) is 5.26. The van der Waals surface area contributed by atoms with Crippen molar-refractivity contribution >= 4 is 38.5 Å². The zero-order chi connectivity index (χ0) is 24.9. The van der Waals surface area contributed by atoms with Crippen LogP contribution in [0.3, 0.4) is 0 Å². The SMILES string of the molecule is CC(C)OC(=O)N1[C@H]2CC[C@H]1CC(n1ccc3c(Nc4ccc(S(C)(=O)=O)cc4F)ncnc31)C2. The Balaban J connectivity index is 1.39. The van der Waals surface area contributed by atoms with Gasteiger partial charge in [-0.2, -0.15) is 0 Å². The third-order valence-corrected chi connectivity index (χ3v) is 7.89. The second-order valence-corrected chi connectivity index (χ2v) is 11.6. The average molecular weight is 502 g/mol. The Hall–Kier alpha value is -3.21. The minimum atomic E-state index is -3.51. The van der Waals surface area contributed by atoms with Gasteiger partial charge in [-0.3, -0.25) is 0 Å². The van der Waals surface area contributed by atoms with E-state index in [4.69, 9.17) is 4.74 Å². The zero-order valence-corrected chi connectivity index (χ0v) is 20.6. The standard InChI is InChI=1S/C24H28FN5O4S/c1-14(2)34-24(31)30-15-4-5-16(30)11-17(10-15)29-9-8-19-22(26-13-27-23(19)29)28-21-7-6-18(12-20(21)25)35(3,32)33/h6-9,12-17H,4-5,10-11H2,1-3H3,(H,26,27,28)/t15-,16-/m0/s1. The molecule has 2 bridgehead atoms. The van der Waals surface area contributed by atoms with E-state index in [1.165, 1.54) is 18.5 Å². The summed E-state index contributed by atoms with van der Waals surface area (Å²) in [5, 5.41) is 3.71. The van der Waals surface area contributed by atoms with E-state index >= 15 is 0 Å². The number of hydrogen-bond acceptors (Lipinski definition) is 7. The van der Waals surface area contributed by atoms with Gasteiger partial charge in [0.2, 0.25) is 0 Å². The Bertz CT molecular complexity index is 1380. The van der Waals surface area contributed by atoms with Gasteiger partial charge in [-0.1, -0.05) is 0 Å². The molecule has 11 heteroatoms. The van der Waals surface area contributed by atoms with Crippen LogP contribution in [0, 0.1) is 5.82 Å². The highest BCUT2D eigenvalue weighted by Gasteiger charge is 2.45. The molecule has 2 fully saturated rings. The molecular weight excluding hydrogens is 473 g/mol. The molecule has 1 N–H and O–H groups in total. The zero-order valence-electron chi connectivity index (χ0n) is 19.8. The van der Waals surface area contributed by atoms with Crippen LogP contribution in [-0.4, -0.2) is 58.4 Å². The minimum absolute atomic E-state index is 0.0854. The highest BCUT2D eigenvalue weighted by atomic mass is 32.2. The molecule has 0 radical (unpaired) electrons. The maximum absolute atomic E-state index is 14.6. The van der Waals surface area contributed by atoms with Gasteiger partial charge in [0.1, 0.15) is 23.6 Å². The lowest BCUT2D eigenvalue weighted by molar-refractivity contribution is 0.0418. The molecule has 9 nitrogen and oxygen atoms in total. The van der Waals surface area contributed by atoms with Crippen molar-refractivity contribution in [2.45, 2.75) is 68.7 Å². The number of amides is 1. The van der Waals surface area contributed by atoms with Crippen molar-refractivity contribution in [3.8, 4) is 0 Å². The number of benzene rings is 1. The molecule has 5 rings (SSSR count). The number of nitrogens with one attached hydrogen (secondary N) is 1. The van der Waals surface area contributed by atoms with Gasteiger partial charge in [0.15, 0.2) is 9.84 Å². The number of sulfone groups is 1.